The van der Waals surface area contributed by atoms with Crippen molar-refractivity contribution in [1.29, 1.82) is 0 Å². The number of carbonyl (C=O) groups excluding carboxylic acids is 1. The van der Waals surface area contributed by atoms with Crippen molar-refractivity contribution in [3.8, 4) is 11.5 Å². The fourth-order valence-electron chi connectivity index (χ4n) is 3.41. The molecule has 0 spiro atoms. The fourth-order valence-corrected chi connectivity index (χ4v) is 3.63. The Hall–Kier alpha value is -2.47. The number of hydrogen-bond acceptors (Lipinski definition) is 5. The van der Waals surface area contributed by atoms with E-state index >= 15 is 0 Å². The van der Waals surface area contributed by atoms with E-state index in [1.54, 1.807) is 12.3 Å². The molecule has 27 heavy (non-hydrogen) atoms. The number of pyridine rings is 1. The highest BCUT2D eigenvalue weighted by Gasteiger charge is 2.20. The Morgan fingerprint density at radius 1 is 1.19 bits per heavy atom. The van der Waals surface area contributed by atoms with Gasteiger partial charge >= 0.3 is 0 Å². The summed E-state index contributed by atoms with van der Waals surface area (Å²) in [6.07, 6.45) is 4.89. The van der Waals surface area contributed by atoms with Gasteiger partial charge in [-0.2, -0.15) is 0 Å². The molecule has 1 aromatic heterocycles. The Balaban J connectivity index is 1.47. The molecule has 2 aliphatic heterocycles. The molecule has 1 N–H and O–H groups in total. The molecule has 1 fully saturated rings. The number of aromatic nitrogens is 1. The van der Waals surface area contributed by atoms with E-state index in [4.69, 9.17) is 21.1 Å². The van der Waals surface area contributed by atoms with E-state index < -0.39 is 0 Å². The first-order valence-corrected chi connectivity index (χ1v) is 9.60. The lowest BCUT2D eigenvalue weighted by molar-refractivity contribution is 0.0724. The zero-order valence-electron chi connectivity index (χ0n) is 15.2. The first kappa shape index (κ1) is 17.9. The number of nitrogens with one attached hydrogen (secondary N) is 1. The van der Waals surface area contributed by atoms with Gasteiger partial charge in [0.25, 0.3) is 5.91 Å². The molecule has 0 unspecified atom stereocenters. The predicted octanol–water partition coefficient (Wildman–Crippen LogP) is 4.26. The number of hydrogen-bond donors (Lipinski definition) is 1. The molecule has 2 aliphatic rings. The third-order valence-corrected chi connectivity index (χ3v) is 5.27. The van der Waals surface area contributed by atoms with Gasteiger partial charge in [0, 0.05) is 19.3 Å². The second-order valence-electron chi connectivity index (χ2n) is 6.89. The van der Waals surface area contributed by atoms with Crippen molar-refractivity contribution in [2.24, 2.45) is 0 Å². The van der Waals surface area contributed by atoms with Gasteiger partial charge in [-0.3, -0.25) is 4.79 Å². The van der Waals surface area contributed by atoms with Gasteiger partial charge in [0.1, 0.15) is 5.82 Å². The SMILES string of the molecule is C[C@H](Nc1ncc(C(=O)N2CCCCC2)cc1Cl)c1ccc2c(c1)OCO2. The molecule has 1 amide bonds. The van der Waals surface area contributed by atoms with Gasteiger partial charge in [-0.1, -0.05) is 17.7 Å². The van der Waals surface area contributed by atoms with Crippen molar-refractivity contribution in [3.63, 3.8) is 0 Å². The summed E-state index contributed by atoms with van der Waals surface area (Å²) in [5, 5.41) is 3.73. The Morgan fingerprint density at radius 2 is 1.96 bits per heavy atom. The molecular weight excluding hydrogens is 366 g/mol. The number of piperidine rings is 1. The minimum absolute atomic E-state index is 0.000491. The smallest absolute Gasteiger partial charge is 0.255 e. The lowest BCUT2D eigenvalue weighted by atomic mass is 10.1. The summed E-state index contributed by atoms with van der Waals surface area (Å²) in [4.78, 5) is 18.9. The van der Waals surface area contributed by atoms with Crippen molar-refractivity contribution in [3.05, 3.63) is 46.6 Å². The van der Waals surface area contributed by atoms with Crippen LogP contribution in [0, 0.1) is 0 Å². The molecule has 0 saturated carbocycles. The molecule has 0 radical (unpaired) electrons. The van der Waals surface area contributed by atoms with Crippen LogP contribution in [-0.4, -0.2) is 35.7 Å². The molecule has 142 valence electrons. The number of benzene rings is 1. The van der Waals surface area contributed by atoms with Gasteiger partial charge in [0.15, 0.2) is 11.5 Å². The first-order valence-electron chi connectivity index (χ1n) is 9.23. The Bertz CT molecular complexity index is 852. The van der Waals surface area contributed by atoms with E-state index in [9.17, 15) is 4.79 Å². The zero-order valence-corrected chi connectivity index (χ0v) is 16.0. The van der Waals surface area contributed by atoms with Crippen molar-refractivity contribution >= 4 is 23.3 Å². The van der Waals surface area contributed by atoms with Crippen LogP contribution in [0.4, 0.5) is 5.82 Å². The second-order valence-corrected chi connectivity index (χ2v) is 7.29. The summed E-state index contributed by atoms with van der Waals surface area (Å²) in [5.74, 6) is 2.04. The lowest BCUT2D eigenvalue weighted by Gasteiger charge is -2.26. The second kappa shape index (κ2) is 7.64. The van der Waals surface area contributed by atoms with Crippen LogP contribution in [0.3, 0.4) is 0 Å². The van der Waals surface area contributed by atoms with E-state index in [1.807, 2.05) is 30.0 Å². The maximum absolute atomic E-state index is 12.6. The number of rotatable bonds is 4. The van der Waals surface area contributed by atoms with Crippen LogP contribution in [0.5, 0.6) is 11.5 Å². The molecule has 3 heterocycles. The number of fused-ring (bicyclic) bond motifs is 1. The zero-order chi connectivity index (χ0) is 18.8. The average molecular weight is 388 g/mol. The number of halogens is 1. The van der Waals surface area contributed by atoms with Crippen molar-refractivity contribution in [1.82, 2.24) is 9.88 Å². The Morgan fingerprint density at radius 3 is 2.74 bits per heavy atom. The minimum atomic E-state index is -0.0341. The first-order chi connectivity index (χ1) is 13.1. The highest BCUT2D eigenvalue weighted by molar-refractivity contribution is 6.33. The van der Waals surface area contributed by atoms with Crippen LogP contribution < -0.4 is 14.8 Å². The molecule has 2 aromatic rings. The quantitative estimate of drug-likeness (QED) is 0.849. The molecule has 1 aromatic carbocycles. The third kappa shape index (κ3) is 3.81. The predicted molar refractivity (Wildman–Crippen MR) is 104 cm³/mol. The average Bonchev–Trinajstić information content (AvgIpc) is 3.17. The van der Waals surface area contributed by atoms with Crippen LogP contribution in [0.2, 0.25) is 5.02 Å². The lowest BCUT2D eigenvalue weighted by Crippen LogP contribution is -2.35. The van der Waals surface area contributed by atoms with E-state index in [0.29, 0.717) is 16.4 Å². The molecule has 7 heteroatoms. The van der Waals surface area contributed by atoms with E-state index in [0.717, 1.165) is 43.0 Å². The van der Waals surface area contributed by atoms with Gasteiger partial charge in [-0.15, -0.1) is 0 Å². The summed E-state index contributed by atoms with van der Waals surface area (Å²) >= 11 is 6.40. The number of anilines is 1. The maximum atomic E-state index is 12.6. The standard InChI is InChI=1S/C20H22ClN3O3/c1-13(14-5-6-17-18(10-14)27-12-26-17)23-19-16(21)9-15(11-22-19)20(25)24-7-3-2-4-8-24/h5-6,9-11,13H,2-4,7-8,12H2,1H3,(H,22,23)/t13-/m0/s1. The van der Waals surface area contributed by atoms with E-state index in [1.165, 1.54) is 6.42 Å². The summed E-state index contributed by atoms with van der Waals surface area (Å²) in [6, 6.07) is 7.48. The van der Waals surface area contributed by atoms with Gasteiger partial charge < -0.3 is 19.7 Å². The number of nitrogens with zero attached hydrogens (tertiary/aromatic N) is 2. The van der Waals surface area contributed by atoms with Gasteiger partial charge in [-0.25, -0.2) is 4.98 Å². The van der Waals surface area contributed by atoms with Gasteiger partial charge in [0.2, 0.25) is 6.79 Å². The molecule has 1 atom stereocenters. The van der Waals surface area contributed by atoms with Crippen LogP contribution in [-0.2, 0) is 0 Å². The van der Waals surface area contributed by atoms with E-state index in [-0.39, 0.29) is 18.7 Å². The normalized spacial score (nSPS) is 16.9. The number of likely N-dealkylation sites (tertiary alicyclic amines) is 1. The third-order valence-electron chi connectivity index (χ3n) is 4.98. The summed E-state index contributed by atoms with van der Waals surface area (Å²) in [7, 11) is 0. The molecule has 6 nitrogen and oxygen atoms in total. The van der Waals surface area contributed by atoms with Gasteiger partial charge in [-0.05, 0) is 49.9 Å². The molecule has 1 saturated heterocycles. The number of carbonyl (C=O) groups is 1. The molecule has 0 bridgehead atoms. The molecular formula is C20H22ClN3O3. The highest BCUT2D eigenvalue weighted by atomic mass is 35.5. The number of ether oxygens (including phenoxy) is 2. The van der Waals surface area contributed by atoms with Crippen LogP contribution in [0.15, 0.2) is 30.5 Å². The molecule has 4 rings (SSSR count). The summed E-state index contributed by atoms with van der Waals surface area (Å²) in [6.45, 7) is 3.87. The summed E-state index contributed by atoms with van der Waals surface area (Å²) < 4.78 is 10.8. The largest absolute Gasteiger partial charge is 0.454 e. The summed E-state index contributed by atoms with van der Waals surface area (Å²) in [5.41, 5.74) is 1.56. The molecule has 0 aliphatic carbocycles. The van der Waals surface area contributed by atoms with Crippen LogP contribution >= 0.6 is 11.6 Å². The fraction of sp³-hybridized carbons (Fsp3) is 0.400. The van der Waals surface area contributed by atoms with E-state index in [2.05, 4.69) is 10.3 Å². The topological polar surface area (TPSA) is 63.7 Å². The Kier molecular flexibility index (Phi) is 5.07. The van der Waals surface area contributed by atoms with Crippen LogP contribution in [0.25, 0.3) is 0 Å². The monoisotopic (exact) mass is 387 g/mol. The Labute approximate surface area is 163 Å². The van der Waals surface area contributed by atoms with Crippen molar-refractivity contribution in [2.45, 2.75) is 32.2 Å². The maximum Gasteiger partial charge on any atom is 0.255 e. The highest BCUT2D eigenvalue weighted by Crippen LogP contribution is 2.35. The van der Waals surface area contributed by atoms with Gasteiger partial charge in [0.05, 0.1) is 16.6 Å². The number of amides is 1. The van der Waals surface area contributed by atoms with Crippen molar-refractivity contribution < 1.29 is 14.3 Å². The van der Waals surface area contributed by atoms with Crippen molar-refractivity contribution in [2.75, 3.05) is 25.2 Å². The minimum Gasteiger partial charge on any atom is -0.454 e. The van der Waals surface area contributed by atoms with Crippen LogP contribution in [0.1, 0.15) is 48.1 Å².